The van der Waals surface area contributed by atoms with Crippen LogP contribution in [0.4, 0.5) is 18.9 Å². The van der Waals surface area contributed by atoms with E-state index >= 15 is 0 Å². The van der Waals surface area contributed by atoms with Gasteiger partial charge in [0.2, 0.25) is 0 Å². The number of pyridine rings is 1. The lowest BCUT2D eigenvalue weighted by Crippen LogP contribution is -2.14. The molecule has 29 heavy (non-hydrogen) atoms. The summed E-state index contributed by atoms with van der Waals surface area (Å²) in [6.07, 6.45) is -2.73. The fourth-order valence-electron chi connectivity index (χ4n) is 2.76. The first-order valence-corrected chi connectivity index (χ1v) is 8.56. The van der Waals surface area contributed by atoms with Gasteiger partial charge in [-0.2, -0.15) is 13.2 Å². The topological polar surface area (TPSA) is 71.5 Å². The minimum Gasteiger partial charge on any atom is -0.503 e. The Hall–Kier alpha value is -3.55. The third-order valence-electron chi connectivity index (χ3n) is 4.20. The van der Waals surface area contributed by atoms with Gasteiger partial charge in [-0.25, -0.2) is 4.98 Å². The number of methoxy groups -OCH3 is 1. The number of amides is 1. The summed E-state index contributed by atoms with van der Waals surface area (Å²) in [5, 5.41) is 12.6. The number of anilines is 1. The number of aromatic hydroxyl groups is 1. The summed E-state index contributed by atoms with van der Waals surface area (Å²) in [5.41, 5.74) is 0.889. The number of ether oxygens (including phenoxy) is 1. The van der Waals surface area contributed by atoms with Crippen molar-refractivity contribution in [3.05, 3.63) is 83.2 Å². The molecule has 150 valence electrons. The smallest absolute Gasteiger partial charge is 0.416 e. The van der Waals surface area contributed by atoms with Crippen molar-refractivity contribution >= 4 is 11.6 Å². The number of benzene rings is 2. The van der Waals surface area contributed by atoms with Crippen LogP contribution >= 0.6 is 0 Å². The first kappa shape index (κ1) is 20.2. The third-order valence-corrected chi connectivity index (χ3v) is 4.20. The summed E-state index contributed by atoms with van der Waals surface area (Å²) in [6, 6.07) is 13.2. The third kappa shape index (κ3) is 4.84. The van der Waals surface area contributed by atoms with Crippen molar-refractivity contribution in [3.63, 3.8) is 0 Å². The maximum atomic E-state index is 12.8. The maximum Gasteiger partial charge on any atom is 0.416 e. The van der Waals surface area contributed by atoms with Crippen LogP contribution in [0.3, 0.4) is 0 Å². The van der Waals surface area contributed by atoms with E-state index in [1.165, 1.54) is 25.4 Å². The number of hydrogen-bond acceptors (Lipinski definition) is 4. The van der Waals surface area contributed by atoms with Gasteiger partial charge >= 0.3 is 6.18 Å². The first-order chi connectivity index (χ1) is 13.8. The maximum absolute atomic E-state index is 12.8. The van der Waals surface area contributed by atoms with Gasteiger partial charge in [-0.3, -0.25) is 4.79 Å². The molecule has 3 aromatic rings. The molecule has 0 saturated carbocycles. The van der Waals surface area contributed by atoms with Gasteiger partial charge in [0.15, 0.2) is 17.2 Å². The molecule has 0 aliphatic carbocycles. The zero-order chi connectivity index (χ0) is 21.0. The van der Waals surface area contributed by atoms with Crippen molar-refractivity contribution < 1.29 is 27.8 Å². The minimum absolute atomic E-state index is 0.126. The average Bonchev–Trinajstić information content (AvgIpc) is 2.69. The number of alkyl halides is 3. The molecular weight excluding hydrogens is 385 g/mol. The number of nitrogens with zero attached hydrogens (tertiary/aromatic N) is 1. The standard InChI is InChI=1S/C21H17F3N2O3/c1-29-17-9-10-25-18(19(17)27)20(28)26-16-7-5-13(6-8-16)11-14-3-2-4-15(12-14)21(22,23)24/h2-10,12,27H,11H2,1H3,(H,26,28). The minimum atomic E-state index is -4.39. The van der Waals surface area contributed by atoms with Gasteiger partial charge in [0.25, 0.3) is 5.91 Å². The second-order valence-corrected chi connectivity index (χ2v) is 6.24. The number of hydrogen-bond donors (Lipinski definition) is 2. The van der Waals surface area contributed by atoms with Crippen molar-refractivity contribution in [3.8, 4) is 11.5 Å². The molecule has 0 aliphatic heterocycles. The van der Waals surface area contributed by atoms with Crippen LogP contribution in [-0.4, -0.2) is 23.1 Å². The fourth-order valence-corrected chi connectivity index (χ4v) is 2.76. The molecule has 1 heterocycles. The molecule has 1 aromatic heterocycles. The van der Waals surface area contributed by atoms with Crippen molar-refractivity contribution in [1.29, 1.82) is 0 Å². The van der Waals surface area contributed by atoms with E-state index in [4.69, 9.17) is 4.74 Å². The Labute approximate surface area is 164 Å². The summed E-state index contributed by atoms with van der Waals surface area (Å²) in [4.78, 5) is 16.2. The Balaban J connectivity index is 1.70. The normalized spacial score (nSPS) is 11.2. The molecular formula is C21H17F3N2O3. The molecule has 1 amide bonds. The molecule has 0 saturated heterocycles. The molecule has 2 aromatic carbocycles. The second kappa shape index (κ2) is 8.22. The number of halogens is 3. The lowest BCUT2D eigenvalue weighted by atomic mass is 10.0. The van der Waals surface area contributed by atoms with E-state index in [-0.39, 0.29) is 17.2 Å². The summed E-state index contributed by atoms with van der Waals surface area (Å²) in [6.45, 7) is 0. The van der Waals surface area contributed by atoms with E-state index in [0.29, 0.717) is 17.7 Å². The van der Waals surface area contributed by atoms with Gasteiger partial charge in [0.05, 0.1) is 12.7 Å². The monoisotopic (exact) mass is 402 g/mol. The summed E-state index contributed by atoms with van der Waals surface area (Å²) < 4.78 is 43.4. The molecule has 3 rings (SSSR count). The van der Waals surface area contributed by atoms with Crippen LogP contribution in [0.15, 0.2) is 60.8 Å². The lowest BCUT2D eigenvalue weighted by Gasteiger charge is -2.10. The average molecular weight is 402 g/mol. The summed E-state index contributed by atoms with van der Waals surface area (Å²) >= 11 is 0. The Bertz CT molecular complexity index is 1020. The molecule has 5 nitrogen and oxygen atoms in total. The van der Waals surface area contributed by atoms with Gasteiger partial charge in [0, 0.05) is 18.0 Å². The van der Waals surface area contributed by atoms with Gasteiger partial charge in [-0.05, 0) is 35.7 Å². The van der Waals surface area contributed by atoms with Crippen LogP contribution in [-0.2, 0) is 12.6 Å². The highest BCUT2D eigenvalue weighted by atomic mass is 19.4. The SMILES string of the molecule is COc1ccnc(C(=O)Nc2ccc(Cc3cccc(C(F)(F)F)c3)cc2)c1O. The predicted octanol–water partition coefficient (Wildman–Crippen LogP) is 4.66. The zero-order valence-corrected chi connectivity index (χ0v) is 15.3. The number of rotatable bonds is 5. The molecule has 8 heteroatoms. The quantitative estimate of drug-likeness (QED) is 0.651. The molecule has 0 spiro atoms. The molecule has 2 N–H and O–H groups in total. The Morgan fingerprint density at radius 3 is 2.48 bits per heavy atom. The van der Waals surface area contributed by atoms with E-state index in [9.17, 15) is 23.1 Å². The van der Waals surface area contributed by atoms with Crippen LogP contribution in [0.25, 0.3) is 0 Å². The van der Waals surface area contributed by atoms with Gasteiger partial charge in [-0.1, -0.05) is 30.3 Å². The molecule has 0 atom stereocenters. The Morgan fingerprint density at radius 2 is 1.83 bits per heavy atom. The predicted molar refractivity (Wildman–Crippen MR) is 101 cm³/mol. The molecule has 0 fully saturated rings. The van der Waals surface area contributed by atoms with E-state index < -0.39 is 17.6 Å². The van der Waals surface area contributed by atoms with E-state index in [2.05, 4.69) is 10.3 Å². The largest absolute Gasteiger partial charge is 0.503 e. The highest BCUT2D eigenvalue weighted by Crippen LogP contribution is 2.30. The number of carbonyl (C=O) groups is 1. The fraction of sp³-hybridized carbons (Fsp3) is 0.143. The van der Waals surface area contributed by atoms with Crippen LogP contribution in [0.5, 0.6) is 11.5 Å². The molecule has 0 bridgehead atoms. The Kier molecular flexibility index (Phi) is 5.72. The molecule has 0 radical (unpaired) electrons. The van der Waals surface area contributed by atoms with Crippen molar-refractivity contribution in [2.75, 3.05) is 12.4 Å². The number of aromatic nitrogens is 1. The van der Waals surface area contributed by atoms with Gasteiger partial charge in [0.1, 0.15) is 0 Å². The molecule has 0 aliphatic rings. The zero-order valence-electron chi connectivity index (χ0n) is 15.3. The van der Waals surface area contributed by atoms with Crippen molar-refractivity contribution in [1.82, 2.24) is 4.98 Å². The van der Waals surface area contributed by atoms with E-state index in [0.717, 1.165) is 17.7 Å². The number of nitrogens with one attached hydrogen (secondary N) is 1. The first-order valence-electron chi connectivity index (χ1n) is 8.56. The van der Waals surface area contributed by atoms with Crippen LogP contribution in [0.2, 0.25) is 0 Å². The van der Waals surface area contributed by atoms with Crippen LogP contribution in [0, 0.1) is 0 Å². The lowest BCUT2D eigenvalue weighted by molar-refractivity contribution is -0.137. The highest BCUT2D eigenvalue weighted by Gasteiger charge is 2.30. The summed E-state index contributed by atoms with van der Waals surface area (Å²) in [5.74, 6) is -0.859. The van der Waals surface area contributed by atoms with E-state index in [1.807, 2.05) is 0 Å². The summed E-state index contributed by atoms with van der Waals surface area (Å²) in [7, 11) is 1.36. The van der Waals surface area contributed by atoms with Crippen molar-refractivity contribution in [2.45, 2.75) is 12.6 Å². The van der Waals surface area contributed by atoms with Gasteiger partial charge in [-0.15, -0.1) is 0 Å². The number of carbonyl (C=O) groups excluding carboxylic acids is 1. The second-order valence-electron chi connectivity index (χ2n) is 6.24. The van der Waals surface area contributed by atoms with Crippen LogP contribution < -0.4 is 10.1 Å². The highest BCUT2D eigenvalue weighted by molar-refractivity contribution is 6.05. The van der Waals surface area contributed by atoms with Gasteiger partial charge < -0.3 is 15.2 Å². The van der Waals surface area contributed by atoms with E-state index in [1.54, 1.807) is 30.3 Å². The Morgan fingerprint density at radius 1 is 1.10 bits per heavy atom. The molecule has 0 unspecified atom stereocenters. The van der Waals surface area contributed by atoms with Crippen molar-refractivity contribution in [2.24, 2.45) is 0 Å². The van der Waals surface area contributed by atoms with Crippen LogP contribution in [0.1, 0.15) is 27.2 Å².